The summed E-state index contributed by atoms with van der Waals surface area (Å²) in [7, 11) is -3.36. The molecule has 1 aliphatic heterocycles. The van der Waals surface area contributed by atoms with E-state index in [4.69, 9.17) is 0 Å². The van der Waals surface area contributed by atoms with E-state index in [1.54, 1.807) is 12.4 Å². The molecule has 1 fully saturated rings. The number of H-pyrrole nitrogens is 1. The highest BCUT2D eigenvalue weighted by molar-refractivity contribution is 7.90. The SMILES string of the molecule is CS(=O)(=O)c1cnc(NCc2ncc[nH]2)nc1[C@H]1CCCNC1. The summed E-state index contributed by atoms with van der Waals surface area (Å²) in [6, 6.07) is 0. The molecule has 23 heavy (non-hydrogen) atoms. The second kappa shape index (κ2) is 6.63. The normalized spacial score (nSPS) is 18.7. The average molecular weight is 336 g/mol. The Morgan fingerprint density at radius 2 is 2.26 bits per heavy atom. The van der Waals surface area contributed by atoms with E-state index in [9.17, 15) is 8.42 Å². The van der Waals surface area contributed by atoms with E-state index >= 15 is 0 Å². The third-order valence-electron chi connectivity index (χ3n) is 3.83. The van der Waals surface area contributed by atoms with Gasteiger partial charge >= 0.3 is 0 Å². The van der Waals surface area contributed by atoms with Crippen molar-refractivity contribution in [3.8, 4) is 0 Å². The zero-order valence-electron chi connectivity index (χ0n) is 12.9. The average Bonchev–Trinajstić information content (AvgIpc) is 3.06. The molecule has 2 aromatic heterocycles. The first-order valence-electron chi connectivity index (χ1n) is 7.54. The Labute approximate surface area is 135 Å². The number of rotatable bonds is 5. The van der Waals surface area contributed by atoms with Crippen LogP contribution in [-0.2, 0) is 16.4 Å². The van der Waals surface area contributed by atoms with Gasteiger partial charge in [-0.2, -0.15) is 0 Å². The Balaban J connectivity index is 1.87. The van der Waals surface area contributed by atoms with Crippen molar-refractivity contribution in [3.63, 3.8) is 0 Å². The van der Waals surface area contributed by atoms with Crippen molar-refractivity contribution in [2.45, 2.75) is 30.2 Å². The maximum Gasteiger partial charge on any atom is 0.223 e. The van der Waals surface area contributed by atoms with Gasteiger partial charge in [0.25, 0.3) is 0 Å². The Morgan fingerprint density at radius 3 is 2.91 bits per heavy atom. The predicted molar refractivity (Wildman–Crippen MR) is 85.9 cm³/mol. The Bertz CT molecular complexity index is 754. The van der Waals surface area contributed by atoms with Crippen LogP contribution in [0.4, 0.5) is 5.95 Å². The Morgan fingerprint density at radius 1 is 1.39 bits per heavy atom. The lowest BCUT2D eigenvalue weighted by Gasteiger charge is -2.24. The van der Waals surface area contributed by atoms with Gasteiger partial charge in [0, 0.05) is 31.1 Å². The first-order valence-corrected chi connectivity index (χ1v) is 9.43. The Hall–Kier alpha value is -2.00. The van der Waals surface area contributed by atoms with E-state index in [1.807, 2.05) is 0 Å². The lowest BCUT2D eigenvalue weighted by atomic mass is 9.96. The van der Waals surface area contributed by atoms with Gasteiger partial charge in [0.05, 0.1) is 18.4 Å². The summed E-state index contributed by atoms with van der Waals surface area (Å²) in [4.78, 5) is 15.9. The van der Waals surface area contributed by atoms with Crippen LogP contribution in [0, 0.1) is 0 Å². The highest BCUT2D eigenvalue weighted by Crippen LogP contribution is 2.27. The van der Waals surface area contributed by atoms with Crippen LogP contribution in [-0.4, -0.2) is 47.7 Å². The summed E-state index contributed by atoms with van der Waals surface area (Å²) in [6.07, 6.45) is 7.93. The third kappa shape index (κ3) is 3.85. The van der Waals surface area contributed by atoms with Gasteiger partial charge in [-0.25, -0.2) is 23.4 Å². The van der Waals surface area contributed by atoms with Crippen LogP contribution in [0.15, 0.2) is 23.5 Å². The molecule has 0 aliphatic carbocycles. The van der Waals surface area contributed by atoms with Crippen molar-refractivity contribution in [2.75, 3.05) is 24.7 Å². The summed E-state index contributed by atoms with van der Waals surface area (Å²) in [6.45, 7) is 2.14. The first kappa shape index (κ1) is 15.9. The number of hydrogen-bond donors (Lipinski definition) is 3. The van der Waals surface area contributed by atoms with Crippen LogP contribution < -0.4 is 10.6 Å². The third-order valence-corrected chi connectivity index (χ3v) is 4.95. The topological polar surface area (TPSA) is 113 Å². The fourth-order valence-electron chi connectivity index (χ4n) is 2.69. The number of nitrogens with one attached hydrogen (secondary N) is 3. The number of sulfone groups is 1. The molecule has 1 aliphatic rings. The molecule has 8 nitrogen and oxygen atoms in total. The van der Waals surface area contributed by atoms with Crippen molar-refractivity contribution >= 4 is 15.8 Å². The number of imidazole rings is 1. The fourth-order valence-corrected chi connectivity index (χ4v) is 3.53. The first-order chi connectivity index (χ1) is 11.0. The molecular weight excluding hydrogens is 316 g/mol. The smallest absolute Gasteiger partial charge is 0.223 e. The second-order valence-corrected chi connectivity index (χ2v) is 7.63. The molecule has 3 N–H and O–H groups in total. The second-order valence-electron chi connectivity index (χ2n) is 5.65. The molecule has 1 saturated heterocycles. The predicted octanol–water partition coefficient (Wildman–Crippen LogP) is 0.682. The van der Waals surface area contributed by atoms with Gasteiger partial charge in [-0.1, -0.05) is 0 Å². The Kier molecular flexibility index (Phi) is 4.58. The van der Waals surface area contributed by atoms with Crippen LogP contribution in [0.3, 0.4) is 0 Å². The van der Waals surface area contributed by atoms with Crippen LogP contribution in [0.5, 0.6) is 0 Å². The molecule has 0 radical (unpaired) electrons. The van der Waals surface area contributed by atoms with E-state index in [-0.39, 0.29) is 10.8 Å². The number of nitrogens with zero attached hydrogens (tertiary/aromatic N) is 3. The van der Waals surface area contributed by atoms with Crippen molar-refractivity contribution in [1.82, 2.24) is 25.3 Å². The number of anilines is 1. The lowest BCUT2D eigenvalue weighted by Crippen LogP contribution is -2.30. The molecule has 0 unspecified atom stereocenters. The van der Waals surface area contributed by atoms with Gasteiger partial charge in [-0.3, -0.25) is 0 Å². The van der Waals surface area contributed by atoms with Crippen LogP contribution in [0.2, 0.25) is 0 Å². The molecule has 0 bridgehead atoms. The summed E-state index contributed by atoms with van der Waals surface area (Å²) in [5.41, 5.74) is 0.594. The standard InChI is InChI=1S/C14H20N6O2S/c1-23(21,22)11-8-18-14(19-9-12-16-5-6-17-12)20-13(11)10-3-2-4-15-7-10/h5-6,8,10,15H,2-4,7,9H2,1H3,(H,16,17)(H,18,19,20)/t10-/m0/s1. The highest BCUT2D eigenvalue weighted by Gasteiger charge is 2.25. The molecule has 3 rings (SSSR count). The number of aromatic amines is 1. The van der Waals surface area contributed by atoms with Crippen molar-refractivity contribution in [2.24, 2.45) is 0 Å². The van der Waals surface area contributed by atoms with Crippen LogP contribution >= 0.6 is 0 Å². The molecule has 0 aromatic carbocycles. The maximum atomic E-state index is 12.0. The van der Waals surface area contributed by atoms with E-state index in [0.29, 0.717) is 18.2 Å². The number of hydrogen-bond acceptors (Lipinski definition) is 7. The number of piperidine rings is 1. The molecule has 124 valence electrons. The maximum absolute atomic E-state index is 12.0. The summed E-state index contributed by atoms with van der Waals surface area (Å²) in [5.74, 6) is 1.26. The highest BCUT2D eigenvalue weighted by atomic mass is 32.2. The molecule has 3 heterocycles. The van der Waals surface area contributed by atoms with E-state index < -0.39 is 9.84 Å². The van der Waals surface area contributed by atoms with Gasteiger partial charge in [0.1, 0.15) is 10.7 Å². The summed E-state index contributed by atoms with van der Waals surface area (Å²) < 4.78 is 24.0. The lowest BCUT2D eigenvalue weighted by molar-refractivity contribution is 0.448. The molecule has 0 saturated carbocycles. The summed E-state index contributed by atoms with van der Waals surface area (Å²) >= 11 is 0. The van der Waals surface area contributed by atoms with E-state index in [1.165, 1.54) is 12.5 Å². The van der Waals surface area contributed by atoms with Crippen LogP contribution in [0.1, 0.15) is 30.3 Å². The van der Waals surface area contributed by atoms with Crippen molar-refractivity contribution in [1.29, 1.82) is 0 Å². The summed E-state index contributed by atoms with van der Waals surface area (Å²) in [5, 5.41) is 6.37. The fraction of sp³-hybridized carbons (Fsp3) is 0.500. The van der Waals surface area contributed by atoms with Gasteiger partial charge in [0.15, 0.2) is 9.84 Å². The van der Waals surface area contributed by atoms with E-state index in [2.05, 4.69) is 30.6 Å². The van der Waals surface area contributed by atoms with Crippen molar-refractivity contribution in [3.05, 3.63) is 30.1 Å². The largest absolute Gasteiger partial charge is 0.347 e. The van der Waals surface area contributed by atoms with Crippen LogP contribution in [0.25, 0.3) is 0 Å². The van der Waals surface area contributed by atoms with Gasteiger partial charge in [-0.15, -0.1) is 0 Å². The molecule has 2 aromatic rings. The van der Waals surface area contributed by atoms with Gasteiger partial charge in [0.2, 0.25) is 5.95 Å². The van der Waals surface area contributed by atoms with Gasteiger partial charge < -0.3 is 15.6 Å². The molecule has 1 atom stereocenters. The molecule has 0 amide bonds. The van der Waals surface area contributed by atoms with E-state index in [0.717, 1.165) is 31.8 Å². The molecule has 0 spiro atoms. The minimum atomic E-state index is -3.36. The monoisotopic (exact) mass is 336 g/mol. The number of aromatic nitrogens is 4. The van der Waals surface area contributed by atoms with Crippen molar-refractivity contribution < 1.29 is 8.42 Å². The zero-order chi connectivity index (χ0) is 16.3. The molecule has 9 heteroatoms. The van der Waals surface area contributed by atoms with Gasteiger partial charge in [-0.05, 0) is 19.4 Å². The zero-order valence-corrected chi connectivity index (χ0v) is 13.7. The quantitative estimate of drug-likeness (QED) is 0.736. The minimum absolute atomic E-state index is 0.0839. The minimum Gasteiger partial charge on any atom is -0.347 e. The molecular formula is C14H20N6O2S.